The number of nitrogens with zero attached hydrogens (tertiary/aromatic N) is 1. The van der Waals surface area contributed by atoms with E-state index in [0.29, 0.717) is 6.54 Å². The van der Waals surface area contributed by atoms with Crippen LogP contribution in [-0.2, 0) is 21.4 Å². The van der Waals surface area contributed by atoms with Crippen LogP contribution in [0.25, 0.3) is 0 Å². The Morgan fingerprint density at radius 1 is 1.30 bits per heavy atom. The van der Waals surface area contributed by atoms with Crippen molar-refractivity contribution in [2.75, 3.05) is 12.8 Å². The van der Waals surface area contributed by atoms with Crippen molar-refractivity contribution in [2.45, 2.75) is 33.2 Å². The molecule has 0 aliphatic rings. The van der Waals surface area contributed by atoms with Crippen LogP contribution in [0.15, 0.2) is 18.2 Å². The highest BCUT2D eigenvalue weighted by Gasteiger charge is 2.18. The average molecular weight is 299 g/mol. The monoisotopic (exact) mass is 299 g/mol. The van der Waals surface area contributed by atoms with Crippen molar-refractivity contribution in [1.29, 1.82) is 0 Å². The number of sulfonamides is 1. The van der Waals surface area contributed by atoms with E-state index in [1.807, 2.05) is 32.0 Å². The highest BCUT2D eigenvalue weighted by molar-refractivity contribution is 7.89. The Kier molecular flexibility index (Phi) is 5.71. The number of carboxylic acids is 1. The zero-order valence-corrected chi connectivity index (χ0v) is 12.9. The van der Waals surface area contributed by atoms with Crippen molar-refractivity contribution in [1.82, 2.24) is 4.31 Å². The highest BCUT2D eigenvalue weighted by Crippen LogP contribution is 2.15. The van der Waals surface area contributed by atoms with Gasteiger partial charge in [0.2, 0.25) is 10.0 Å². The number of rotatable bonds is 7. The van der Waals surface area contributed by atoms with Crippen molar-refractivity contribution in [2.24, 2.45) is 0 Å². The molecule has 0 unspecified atom stereocenters. The van der Waals surface area contributed by atoms with Crippen molar-refractivity contribution in [3.05, 3.63) is 34.9 Å². The lowest BCUT2D eigenvalue weighted by molar-refractivity contribution is -0.137. The molecule has 0 radical (unpaired) electrons. The first-order valence-electron chi connectivity index (χ1n) is 6.44. The minimum absolute atomic E-state index is 0.128. The van der Waals surface area contributed by atoms with Crippen molar-refractivity contribution in [3.8, 4) is 0 Å². The molecule has 0 bridgehead atoms. The topological polar surface area (TPSA) is 74.7 Å². The molecule has 1 aromatic rings. The molecule has 5 nitrogen and oxygen atoms in total. The second kappa shape index (κ2) is 6.85. The van der Waals surface area contributed by atoms with Gasteiger partial charge in [0.15, 0.2) is 0 Å². The summed E-state index contributed by atoms with van der Waals surface area (Å²) in [5.41, 5.74) is 3.15. The van der Waals surface area contributed by atoms with Crippen LogP contribution in [0.2, 0.25) is 0 Å². The third-order valence-corrected chi connectivity index (χ3v) is 5.04. The van der Waals surface area contributed by atoms with Crippen LogP contribution >= 0.6 is 0 Å². The molecule has 0 spiro atoms. The maximum absolute atomic E-state index is 12.0. The third kappa shape index (κ3) is 4.94. The molecule has 0 fully saturated rings. The summed E-state index contributed by atoms with van der Waals surface area (Å²) in [6.45, 7) is 4.25. The summed E-state index contributed by atoms with van der Waals surface area (Å²) in [4.78, 5) is 10.4. The molecule has 112 valence electrons. The van der Waals surface area contributed by atoms with Gasteiger partial charge in [0.25, 0.3) is 0 Å². The summed E-state index contributed by atoms with van der Waals surface area (Å²) < 4.78 is 25.3. The largest absolute Gasteiger partial charge is 0.481 e. The van der Waals surface area contributed by atoms with Gasteiger partial charge < -0.3 is 5.11 Å². The molecule has 0 aromatic heterocycles. The Bertz CT molecular complexity index is 581. The van der Waals surface area contributed by atoms with E-state index in [9.17, 15) is 13.2 Å². The third-order valence-electron chi connectivity index (χ3n) is 3.16. The molecule has 0 amide bonds. The van der Waals surface area contributed by atoms with Crippen molar-refractivity contribution >= 4 is 16.0 Å². The fourth-order valence-electron chi connectivity index (χ4n) is 1.92. The van der Waals surface area contributed by atoms with E-state index >= 15 is 0 Å². The SMILES string of the molecule is Cc1ccc(CN(C)S(=O)(=O)CCCC(=O)O)c(C)c1. The normalized spacial score (nSPS) is 11.8. The molecule has 0 saturated heterocycles. The van der Waals surface area contributed by atoms with Gasteiger partial charge in [-0.15, -0.1) is 0 Å². The average Bonchev–Trinajstić information content (AvgIpc) is 2.31. The summed E-state index contributed by atoms with van der Waals surface area (Å²) in [6, 6.07) is 5.89. The van der Waals surface area contributed by atoms with E-state index in [4.69, 9.17) is 5.11 Å². The lowest BCUT2D eigenvalue weighted by Crippen LogP contribution is -2.29. The van der Waals surface area contributed by atoms with Crippen LogP contribution < -0.4 is 0 Å². The predicted octanol–water partition coefficient (Wildman–Crippen LogP) is 1.93. The predicted molar refractivity (Wildman–Crippen MR) is 78.0 cm³/mol. The van der Waals surface area contributed by atoms with Gasteiger partial charge in [-0.05, 0) is 31.4 Å². The Morgan fingerprint density at radius 3 is 2.50 bits per heavy atom. The molecule has 1 N–H and O–H groups in total. The summed E-state index contributed by atoms with van der Waals surface area (Å²) >= 11 is 0. The molecule has 0 atom stereocenters. The summed E-state index contributed by atoms with van der Waals surface area (Å²) in [5, 5.41) is 8.54. The molecule has 1 aromatic carbocycles. The van der Waals surface area contributed by atoms with Crippen LogP contribution in [0.3, 0.4) is 0 Å². The Balaban J connectivity index is 2.69. The molecule has 0 saturated carbocycles. The zero-order chi connectivity index (χ0) is 15.3. The van der Waals surface area contributed by atoms with Crippen molar-refractivity contribution < 1.29 is 18.3 Å². The zero-order valence-electron chi connectivity index (χ0n) is 12.1. The lowest BCUT2D eigenvalue weighted by Gasteiger charge is -2.18. The fourth-order valence-corrected chi connectivity index (χ4v) is 3.08. The number of carboxylic acid groups (broad SMARTS) is 1. The number of hydrogen-bond acceptors (Lipinski definition) is 3. The second-order valence-electron chi connectivity index (χ2n) is 5.00. The first kappa shape index (κ1) is 16.7. The summed E-state index contributed by atoms with van der Waals surface area (Å²) in [5.74, 6) is -1.11. The van der Waals surface area contributed by atoms with E-state index in [1.165, 1.54) is 11.4 Å². The van der Waals surface area contributed by atoms with Crippen LogP contribution in [0, 0.1) is 13.8 Å². The van der Waals surface area contributed by atoms with Gasteiger partial charge >= 0.3 is 5.97 Å². The lowest BCUT2D eigenvalue weighted by atomic mass is 10.1. The molecule has 20 heavy (non-hydrogen) atoms. The highest BCUT2D eigenvalue weighted by atomic mass is 32.2. The molecule has 0 aliphatic heterocycles. The molecular formula is C14H21NO4S. The van der Waals surface area contributed by atoms with E-state index in [0.717, 1.165) is 16.7 Å². The first-order chi connectivity index (χ1) is 9.22. The van der Waals surface area contributed by atoms with Crippen LogP contribution in [0.5, 0.6) is 0 Å². The number of aliphatic carboxylic acids is 1. The smallest absolute Gasteiger partial charge is 0.303 e. The maximum atomic E-state index is 12.0. The standard InChI is InChI=1S/C14H21NO4S/c1-11-6-7-13(12(2)9-11)10-15(3)20(18,19)8-4-5-14(16)17/h6-7,9H,4-5,8,10H2,1-3H3,(H,16,17). The van der Waals surface area contributed by atoms with Crippen LogP contribution in [0.4, 0.5) is 0 Å². The van der Waals surface area contributed by atoms with Gasteiger partial charge in [-0.2, -0.15) is 0 Å². The summed E-state index contributed by atoms with van der Waals surface area (Å²) in [7, 11) is -1.89. The molecule has 0 heterocycles. The Labute approximate surface area is 120 Å². The van der Waals surface area contributed by atoms with Gasteiger partial charge in [-0.1, -0.05) is 23.8 Å². The van der Waals surface area contributed by atoms with E-state index in [-0.39, 0.29) is 18.6 Å². The van der Waals surface area contributed by atoms with Gasteiger partial charge in [-0.25, -0.2) is 12.7 Å². The minimum Gasteiger partial charge on any atom is -0.481 e. The van der Waals surface area contributed by atoms with E-state index in [1.54, 1.807) is 0 Å². The van der Waals surface area contributed by atoms with Gasteiger partial charge in [0.05, 0.1) is 5.75 Å². The van der Waals surface area contributed by atoms with Gasteiger partial charge in [0, 0.05) is 20.0 Å². The maximum Gasteiger partial charge on any atom is 0.303 e. The number of benzene rings is 1. The molecule has 1 rings (SSSR count). The first-order valence-corrected chi connectivity index (χ1v) is 8.05. The molecular weight excluding hydrogens is 278 g/mol. The minimum atomic E-state index is -3.41. The van der Waals surface area contributed by atoms with Crippen LogP contribution in [-0.4, -0.2) is 36.6 Å². The number of carbonyl (C=O) groups is 1. The van der Waals surface area contributed by atoms with Crippen LogP contribution in [0.1, 0.15) is 29.5 Å². The van der Waals surface area contributed by atoms with E-state index in [2.05, 4.69) is 0 Å². The molecule has 0 aliphatic carbocycles. The molecule has 6 heteroatoms. The van der Waals surface area contributed by atoms with E-state index < -0.39 is 16.0 Å². The number of aryl methyl sites for hydroxylation is 2. The van der Waals surface area contributed by atoms with Gasteiger partial charge in [-0.3, -0.25) is 4.79 Å². The summed E-state index contributed by atoms with van der Waals surface area (Å²) in [6.07, 6.45) is 0.00547. The fraction of sp³-hybridized carbons (Fsp3) is 0.500. The van der Waals surface area contributed by atoms with Gasteiger partial charge in [0.1, 0.15) is 0 Å². The Morgan fingerprint density at radius 2 is 1.95 bits per heavy atom. The second-order valence-corrected chi connectivity index (χ2v) is 7.19. The quantitative estimate of drug-likeness (QED) is 0.835. The Hall–Kier alpha value is -1.40. The van der Waals surface area contributed by atoms with Crippen molar-refractivity contribution in [3.63, 3.8) is 0 Å². The number of hydrogen-bond donors (Lipinski definition) is 1.